The number of hydrogen-bond acceptors (Lipinski definition) is 2. The van der Waals surface area contributed by atoms with E-state index in [0.717, 1.165) is 11.1 Å². The normalized spacial score (nSPS) is 10.4. The second-order valence-corrected chi connectivity index (χ2v) is 4.95. The number of benzene rings is 2. The molecule has 0 aliphatic rings. The molecule has 0 aliphatic heterocycles. The number of nitrogens with zero attached hydrogens (tertiary/aromatic N) is 1. The summed E-state index contributed by atoms with van der Waals surface area (Å²) in [7, 11) is 0. The summed E-state index contributed by atoms with van der Waals surface area (Å²) in [6, 6.07) is 12.2. The van der Waals surface area contributed by atoms with E-state index >= 15 is 0 Å². The van der Waals surface area contributed by atoms with E-state index in [4.69, 9.17) is 5.73 Å². The zero-order chi connectivity index (χ0) is 15.4. The molecule has 4 heteroatoms. The first-order chi connectivity index (χ1) is 10.0. The molecule has 0 aliphatic carbocycles. The zero-order valence-electron chi connectivity index (χ0n) is 12.3. The second kappa shape index (κ2) is 6.39. The van der Waals surface area contributed by atoms with E-state index < -0.39 is 5.82 Å². The molecular weight excluding hydrogens is 267 g/mol. The van der Waals surface area contributed by atoms with Gasteiger partial charge in [0.05, 0.1) is 11.3 Å². The Morgan fingerprint density at radius 3 is 2.57 bits per heavy atom. The number of rotatable bonds is 4. The minimum atomic E-state index is -0.562. The van der Waals surface area contributed by atoms with Crippen LogP contribution < -0.4 is 5.73 Å². The predicted molar refractivity (Wildman–Crippen MR) is 82.4 cm³/mol. The van der Waals surface area contributed by atoms with Gasteiger partial charge in [-0.3, -0.25) is 4.79 Å². The molecule has 2 aromatic carbocycles. The lowest BCUT2D eigenvalue weighted by atomic mass is 10.1. The van der Waals surface area contributed by atoms with Crippen molar-refractivity contribution < 1.29 is 9.18 Å². The largest absolute Gasteiger partial charge is 0.396 e. The number of carbonyl (C=O) groups excluding carboxylic acids is 1. The highest BCUT2D eigenvalue weighted by molar-refractivity contribution is 5.99. The van der Waals surface area contributed by atoms with Crippen LogP contribution in [0.15, 0.2) is 42.5 Å². The van der Waals surface area contributed by atoms with Crippen molar-refractivity contribution in [3.63, 3.8) is 0 Å². The molecule has 2 N–H and O–H groups in total. The molecule has 0 aromatic heterocycles. The van der Waals surface area contributed by atoms with Gasteiger partial charge < -0.3 is 10.6 Å². The van der Waals surface area contributed by atoms with Gasteiger partial charge in [0.15, 0.2) is 0 Å². The highest BCUT2D eigenvalue weighted by atomic mass is 19.1. The highest BCUT2D eigenvalue weighted by Gasteiger charge is 2.19. The number of amides is 1. The number of nitrogens with two attached hydrogens (primary N) is 1. The van der Waals surface area contributed by atoms with Crippen LogP contribution in [0.25, 0.3) is 0 Å². The lowest BCUT2D eigenvalue weighted by molar-refractivity contribution is 0.0753. The Labute approximate surface area is 124 Å². The first-order valence-corrected chi connectivity index (χ1v) is 6.92. The summed E-state index contributed by atoms with van der Waals surface area (Å²) in [6.45, 7) is 4.91. The van der Waals surface area contributed by atoms with E-state index in [1.165, 1.54) is 12.1 Å². The van der Waals surface area contributed by atoms with Crippen LogP contribution in [0.1, 0.15) is 28.4 Å². The van der Waals surface area contributed by atoms with E-state index in [1.54, 1.807) is 11.0 Å². The van der Waals surface area contributed by atoms with Gasteiger partial charge >= 0.3 is 0 Å². The van der Waals surface area contributed by atoms with Crippen molar-refractivity contribution in [2.45, 2.75) is 20.4 Å². The maximum absolute atomic E-state index is 13.5. The quantitative estimate of drug-likeness (QED) is 0.876. The van der Waals surface area contributed by atoms with Crippen molar-refractivity contribution in [3.05, 3.63) is 65.0 Å². The molecule has 0 heterocycles. The van der Waals surface area contributed by atoms with Gasteiger partial charge in [0.25, 0.3) is 5.91 Å². The molecule has 0 fully saturated rings. The fourth-order valence-electron chi connectivity index (χ4n) is 2.21. The van der Waals surface area contributed by atoms with Gasteiger partial charge in [0, 0.05) is 13.1 Å². The number of hydrogen-bond donors (Lipinski definition) is 1. The van der Waals surface area contributed by atoms with Crippen molar-refractivity contribution in [2.75, 3.05) is 12.3 Å². The number of para-hydroxylation sites is 1. The number of anilines is 1. The predicted octanol–water partition coefficient (Wildman–Crippen LogP) is 3.38. The van der Waals surface area contributed by atoms with Crippen LogP contribution in [0, 0.1) is 12.7 Å². The summed E-state index contributed by atoms with van der Waals surface area (Å²) in [5, 5.41) is 0. The molecule has 2 aromatic rings. The van der Waals surface area contributed by atoms with Crippen LogP contribution in [0.5, 0.6) is 0 Å². The van der Waals surface area contributed by atoms with Gasteiger partial charge in [-0.15, -0.1) is 0 Å². The Balaban J connectivity index is 2.27. The van der Waals surface area contributed by atoms with Crippen molar-refractivity contribution in [1.82, 2.24) is 4.90 Å². The van der Waals surface area contributed by atoms with Crippen LogP contribution in [-0.2, 0) is 6.54 Å². The van der Waals surface area contributed by atoms with Gasteiger partial charge in [0.1, 0.15) is 5.82 Å². The lowest BCUT2D eigenvalue weighted by Crippen LogP contribution is -2.31. The molecular formula is C17H19FN2O. The van der Waals surface area contributed by atoms with Crippen LogP contribution in [0.3, 0.4) is 0 Å². The van der Waals surface area contributed by atoms with Crippen molar-refractivity contribution in [2.24, 2.45) is 0 Å². The van der Waals surface area contributed by atoms with Gasteiger partial charge in [-0.2, -0.15) is 0 Å². The molecule has 0 saturated heterocycles. The molecule has 0 atom stereocenters. The molecule has 0 spiro atoms. The SMILES string of the molecule is CCN(Cc1ccccc1C)C(=O)c1cccc(F)c1N. The first-order valence-electron chi connectivity index (χ1n) is 6.92. The monoisotopic (exact) mass is 286 g/mol. The fraction of sp³-hybridized carbons (Fsp3) is 0.235. The smallest absolute Gasteiger partial charge is 0.256 e. The first kappa shape index (κ1) is 15.0. The maximum atomic E-state index is 13.5. The molecule has 0 unspecified atom stereocenters. The summed E-state index contributed by atoms with van der Waals surface area (Å²) >= 11 is 0. The Morgan fingerprint density at radius 2 is 1.90 bits per heavy atom. The Hall–Kier alpha value is -2.36. The molecule has 0 bridgehead atoms. The van der Waals surface area contributed by atoms with Gasteiger partial charge in [-0.1, -0.05) is 30.3 Å². The Bertz CT molecular complexity index is 655. The van der Waals surface area contributed by atoms with Crippen LogP contribution >= 0.6 is 0 Å². The van der Waals surface area contributed by atoms with Crippen LogP contribution in [0.2, 0.25) is 0 Å². The molecule has 0 radical (unpaired) electrons. The third-order valence-electron chi connectivity index (χ3n) is 3.57. The maximum Gasteiger partial charge on any atom is 0.256 e. The van der Waals surface area contributed by atoms with Crippen molar-refractivity contribution in [1.29, 1.82) is 0 Å². The average Bonchev–Trinajstić information content (AvgIpc) is 2.48. The number of nitrogen functional groups attached to an aromatic ring is 1. The standard InChI is InChI=1S/C17H19FN2O/c1-3-20(11-13-8-5-4-7-12(13)2)17(21)14-9-6-10-15(18)16(14)19/h4-10H,3,11,19H2,1-2H3. The highest BCUT2D eigenvalue weighted by Crippen LogP contribution is 2.19. The lowest BCUT2D eigenvalue weighted by Gasteiger charge is -2.22. The Kier molecular flexibility index (Phi) is 4.58. The minimum Gasteiger partial charge on any atom is -0.396 e. The topological polar surface area (TPSA) is 46.3 Å². The van der Waals surface area contributed by atoms with Crippen LogP contribution in [0.4, 0.5) is 10.1 Å². The van der Waals surface area contributed by atoms with Gasteiger partial charge in [-0.25, -0.2) is 4.39 Å². The summed E-state index contributed by atoms with van der Waals surface area (Å²) in [5.74, 6) is -0.814. The van der Waals surface area contributed by atoms with E-state index in [0.29, 0.717) is 13.1 Å². The summed E-state index contributed by atoms with van der Waals surface area (Å²) in [5.41, 5.74) is 7.99. The molecule has 110 valence electrons. The zero-order valence-corrected chi connectivity index (χ0v) is 12.3. The van der Waals surface area contributed by atoms with Crippen molar-refractivity contribution >= 4 is 11.6 Å². The third kappa shape index (κ3) is 3.21. The van der Waals surface area contributed by atoms with Gasteiger partial charge in [-0.05, 0) is 37.1 Å². The molecule has 2 rings (SSSR count). The summed E-state index contributed by atoms with van der Waals surface area (Å²) < 4.78 is 13.5. The van der Waals surface area contributed by atoms with E-state index in [1.807, 2.05) is 38.1 Å². The van der Waals surface area contributed by atoms with Gasteiger partial charge in [0.2, 0.25) is 0 Å². The number of aryl methyl sites for hydroxylation is 1. The van der Waals surface area contributed by atoms with Crippen molar-refractivity contribution in [3.8, 4) is 0 Å². The van der Waals surface area contributed by atoms with E-state index in [-0.39, 0.29) is 17.2 Å². The molecule has 3 nitrogen and oxygen atoms in total. The van der Waals surface area contributed by atoms with E-state index in [2.05, 4.69) is 0 Å². The fourth-order valence-corrected chi connectivity index (χ4v) is 2.21. The number of halogens is 1. The average molecular weight is 286 g/mol. The molecule has 21 heavy (non-hydrogen) atoms. The minimum absolute atomic E-state index is 0.0919. The Morgan fingerprint density at radius 1 is 1.19 bits per heavy atom. The molecule has 0 saturated carbocycles. The van der Waals surface area contributed by atoms with E-state index in [9.17, 15) is 9.18 Å². The molecule has 1 amide bonds. The number of carbonyl (C=O) groups is 1. The van der Waals surface area contributed by atoms with Crippen LogP contribution in [-0.4, -0.2) is 17.4 Å². The third-order valence-corrected chi connectivity index (χ3v) is 3.57. The summed E-state index contributed by atoms with van der Waals surface area (Å²) in [6.07, 6.45) is 0. The second-order valence-electron chi connectivity index (χ2n) is 4.95. The summed E-state index contributed by atoms with van der Waals surface area (Å²) in [4.78, 5) is 14.2.